The van der Waals surface area contributed by atoms with Gasteiger partial charge in [0, 0.05) is 24.7 Å². The zero-order chi connectivity index (χ0) is 11.0. The minimum Gasteiger partial charge on any atom is -0.325 e. The van der Waals surface area contributed by atoms with Crippen LogP contribution in [0.15, 0.2) is 18.3 Å². The molecule has 0 amide bonds. The third-order valence-corrected chi connectivity index (χ3v) is 3.44. The molecule has 0 spiro atoms. The summed E-state index contributed by atoms with van der Waals surface area (Å²) in [6.07, 6.45) is 6.99. The van der Waals surface area contributed by atoms with Crippen molar-refractivity contribution in [2.75, 3.05) is 0 Å². The highest BCUT2D eigenvalue weighted by molar-refractivity contribution is 5.41. The lowest BCUT2D eigenvalue weighted by molar-refractivity contribution is 0.678. The summed E-state index contributed by atoms with van der Waals surface area (Å²) in [7, 11) is 0. The highest BCUT2D eigenvalue weighted by Crippen LogP contribution is 2.33. The normalized spacial score (nSPS) is 17.3. The Kier molecular flexibility index (Phi) is 2.36. The Morgan fingerprint density at radius 1 is 1.38 bits per heavy atom. The van der Waals surface area contributed by atoms with E-state index in [1.807, 2.05) is 10.6 Å². The Morgan fingerprint density at radius 3 is 2.94 bits per heavy atom. The molecule has 1 fully saturated rings. The molecule has 1 aliphatic carbocycles. The van der Waals surface area contributed by atoms with E-state index in [0.29, 0.717) is 12.5 Å². The second-order valence-corrected chi connectivity index (χ2v) is 4.46. The van der Waals surface area contributed by atoms with E-state index in [1.165, 1.54) is 31.4 Å². The van der Waals surface area contributed by atoms with Crippen LogP contribution in [0.1, 0.15) is 43.0 Å². The molecule has 2 aromatic rings. The van der Waals surface area contributed by atoms with Crippen molar-refractivity contribution in [2.45, 2.75) is 38.1 Å². The van der Waals surface area contributed by atoms with E-state index in [-0.39, 0.29) is 0 Å². The summed E-state index contributed by atoms with van der Waals surface area (Å²) in [6, 6.07) is 4.04. The molecule has 1 saturated carbocycles. The lowest BCUT2D eigenvalue weighted by Crippen LogP contribution is -2.06. The fourth-order valence-electron chi connectivity index (χ4n) is 2.54. The first-order chi connectivity index (χ1) is 7.88. The largest absolute Gasteiger partial charge is 0.325 e. The standard InChI is InChI=1S/C12H16N4/c13-8-10-5-6-14-12-7-11(15-16(10)12)9-3-1-2-4-9/h5-7,9H,1-4,8,13H2. The van der Waals surface area contributed by atoms with E-state index in [1.54, 1.807) is 6.20 Å². The van der Waals surface area contributed by atoms with Gasteiger partial charge < -0.3 is 5.73 Å². The van der Waals surface area contributed by atoms with Crippen LogP contribution in [0.2, 0.25) is 0 Å². The summed E-state index contributed by atoms with van der Waals surface area (Å²) < 4.78 is 1.88. The highest BCUT2D eigenvalue weighted by Gasteiger charge is 2.20. The molecule has 2 aromatic heterocycles. The zero-order valence-corrected chi connectivity index (χ0v) is 9.26. The molecule has 0 unspecified atom stereocenters. The molecular formula is C12H16N4. The van der Waals surface area contributed by atoms with Gasteiger partial charge in [0.25, 0.3) is 0 Å². The molecule has 0 aliphatic heterocycles. The molecule has 0 aromatic carbocycles. The van der Waals surface area contributed by atoms with Gasteiger partial charge in [0.15, 0.2) is 5.65 Å². The number of rotatable bonds is 2. The van der Waals surface area contributed by atoms with Gasteiger partial charge in [-0.2, -0.15) is 5.10 Å². The van der Waals surface area contributed by atoms with Crippen LogP contribution in [0, 0.1) is 0 Å². The van der Waals surface area contributed by atoms with Crippen molar-refractivity contribution in [3.05, 3.63) is 29.7 Å². The van der Waals surface area contributed by atoms with E-state index < -0.39 is 0 Å². The highest BCUT2D eigenvalue weighted by atomic mass is 15.3. The molecule has 0 atom stereocenters. The van der Waals surface area contributed by atoms with Crippen LogP contribution >= 0.6 is 0 Å². The zero-order valence-electron chi connectivity index (χ0n) is 9.26. The average molecular weight is 216 g/mol. The minimum atomic E-state index is 0.505. The van der Waals surface area contributed by atoms with Crippen LogP contribution in [0.5, 0.6) is 0 Å². The predicted molar refractivity (Wildman–Crippen MR) is 62.1 cm³/mol. The summed E-state index contributed by atoms with van der Waals surface area (Å²) >= 11 is 0. The fourth-order valence-corrected chi connectivity index (χ4v) is 2.54. The van der Waals surface area contributed by atoms with Crippen LogP contribution in [0.4, 0.5) is 0 Å². The lowest BCUT2D eigenvalue weighted by atomic mass is 10.1. The van der Waals surface area contributed by atoms with E-state index in [2.05, 4.69) is 16.1 Å². The molecule has 2 heterocycles. The summed E-state index contributed by atoms with van der Waals surface area (Å²) in [5, 5.41) is 4.64. The summed E-state index contributed by atoms with van der Waals surface area (Å²) in [5.74, 6) is 0.632. The third-order valence-electron chi connectivity index (χ3n) is 3.44. The minimum absolute atomic E-state index is 0.505. The SMILES string of the molecule is NCc1ccnc2cc(C3CCCC3)nn12. The van der Waals surface area contributed by atoms with Crippen molar-refractivity contribution >= 4 is 5.65 Å². The van der Waals surface area contributed by atoms with Crippen molar-refractivity contribution in [3.8, 4) is 0 Å². The Labute approximate surface area is 94.5 Å². The first kappa shape index (κ1) is 9.78. The first-order valence-electron chi connectivity index (χ1n) is 5.92. The van der Waals surface area contributed by atoms with Gasteiger partial charge in [0.05, 0.1) is 11.4 Å². The second kappa shape index (κ2) is 3.87. The molecule has 84 valence electrons. The van der Waals surface area contributed by atoms with Crippen molar-refractivity contribution in [1.29, 1.82) is 0 Å². The van der Waals surface area contributed by atoms with Gasteiger partial charge in [0.1, 0.15) is 0 Å². The van der Waals surface area contributed by atoms with E-state index in [9.17, 15) is 0 Å². The fraction of sp³-hybridized carbons (Fsp3) is 0.500. The van der Waals surface area contributed by atoms with Crippen LogP contribution < -0.4 is 5.73 Å². The first-order valence-corrected chi connectivity index (χ1v) is 5.92. The van der Waals surface area contributed by atoms with Crippen LogP contribution in [0.25, 0.3) is 5.65 Å². The topological polar surface area (TPSA) is 56.2 Å². The van der Waals surface area contributed by atoms with Gasteiger partial charge in [-0.1, -0.05) is 12.8 Å². The maximum atomic E-state index is 5.69. The number of aromatic nitrogens is 3. The molecule has 16 heavy (non-hydrogen) atoms. The van der Waals surface area contributed by atoms with Gasteiger partial charge in [-0.15, -0.1) is 0 Å². The van der Waals surface area contributed by atoms with Gasteiger partial charge in [-0.05, 0) is 18.9 Å². The molecular weight excluding hydrogens is 200 g/mol. The Hall–Kier alpha value is -1.42. The van der Waals surface area contributed by atoms with Crippen LogP contribution in [-0.4, -0.2) is 14.6 Å². The maximum Gasteiger partial charge on any atom is 0.155 e. The van der Waals surface area contributed by atoms with Crippen molar-refractivity contribution in [2.24, 2.45) is 5.73 Å². The van der Waals surface area contributed by atoms with Crippen molar-refractivity contribution in [3.63, 3.8) is 0 Å². The predicted octanol–water partition coefficient (Wildman–Crippen LogP) is 1.85. The third kappa shape index (κ3) is 1.50. The van der Waals surface area contributed by atoms with Crippen molar-refractivity contribution in [1.82, 2.24) is 14.6 Å². The molecule has 0 saturated heterocycles. The molecule has 2 N–H and O–H groups in total. The molecule has 4 nitrogen and oxygen atoms in total. The van der Waals surface area contributed by atoms with Crippen LogP contribution in [-0.2, 0) is 6.54 Å². The maximum absolute atomic E-state index is 5.69. The smallest absolute Gasteiger partial charge is 0.155 e. The van der Waals surface area contributed by atoms with Crippen LogP contribution in [0.3, 0.4) is 0 Å². The summed E-state index contributed by atoms with van der Waals surface area (Å²) in [5.41, 5.74) is 8.82. The van der Waals surface area contributed by atoms with Gasteiger partial charge >= 0.3 is 0 Å². The average Bonchev–Trinajstić information content (AvgIpc) is 2.96. The number of nitrogens with two attached hydrogens (primary N) is 1. The summed E-state index contributed by atoms with van der Waals surface area (Å²) in [6.45, 7) is 0.505. The Bertz CT molecular complexity index is 497. The number of nitrogens with zero attached hydrogens (tertiary/aromatic N) is 3. The number of hydrogen-bond donors (Lipinski definition) is 1. The molecule has 4 heteroatoms. The van der Waals surface area contributed by atoms with Gasteiger partial charge in [0.2, 0.25) is 0 Å². The second-order valence-electron chi connectivity index (χ2n) is 4.46. The number of hydrogen-bond acceptors (Lipinski definition) is 3. The lowest BCUT2D eigenvalue weighted by Gasteiger charge is -2.03. The van der Waals surface area contributed by atoms with Crippen molar-refractivity contribution < 1.29 is 0 Å². The molecule has 1 aliphatic rings. The Morgan fingerprint density at radius 2 is 2.19 bits per heavy atom. The number of fused-ring (bicyclic) bond motifs is 1. The molecule has 3 rings (SSSR count). The summed E-state index contributed by atoms with van der Waals surface area (Å²) in [4.78, 5) is 4.33. The van der Waals surface area contributed by atoms with Gasteiger partial charge in [-0.3, -0.25) is 0 Å². The van der Waals surface area contributed by atoms with E-state index in [0.717, 1.165) is 11.3 Å². The quantitative estimate of drug-likeness (QED) is 0.833. The van der Waals surface area contributed by atoms with E-state index in [4.69, 9.17) is 5.73 Å². The van der Waals surface area contributed by atoms with Gasteiger partial charge in [-0.25, -0.2) is 9.50 Å². The Balaban J connectivity index is 2.07. The van der Waals surface area contributed by atoms with E-state index >= 15 is 0 Å². The molecule has 0 radical (unpaired) electrons. The monoisotopic (exact) mass is 216 g/mol. The molecule has 0 bridgehead atoms.